The minimum absolute atomic E-state index is 0.0675. The lowest BCUT2D eigenvalue weighted by Crippen LogP contribution is -2.32. The topological polar surface area (TPSA) is 143 Å². The number of anilines is 3. The maximum absolute atomic E-state index is 13.7. The summed E-state index contributed by atoms with van der Waals surface area (Å²) in [6, 6.07) is 3.94. The van der Waals surface area contributed by atoms with Crippen molar-refractivity contribution < 1.29 is 17.5 Å². The molecule has 1 aliphatic heterocycles. The van der Waals surface area contributed by atoms with Gasteiger partial charge < -0.3 is 21.2 Å². The Hall–Kier alpha value is -2.70. The lowest BCUT2D eigenvalue weighted by atomic mass is 10.0. The normalized spacial score (nSPS) is 13.2. The first-order chi connectivity index (χ1) is 15.1. The molecule has 1 aliphatic rings. The van der Waals surface area contributed by atoms with Crippen molar-refractivity contribution in [3.8, 4) is 5.75 Å². The predicted octanol–water partition coefficient (Wildman–Crippen LogP) is 1.69. The third kappa shape index (κ3) is 6.40. The molecule has 10 nitrogen and oxygen atoms in total. The number of nitrogens with two attached hydrogens (primary N) is 1. The Morgan fingerprint density at radius 1 is 1.28 bits per heavy atom. The van der Waals surface area contributed by atoms with Crippen LogP contribution >= 0.6 is 0 Å². The lowest BCUT2D eigenvalue weighted by Gasteiger charge is -2.16. The van der Waals surface area contributed by atoms with Crippen molar-refractivity contribution in [2.24, 2.45) is 0 Å². The molecule has 0 atom stereocenters. The van der Waals surface area contributed by atoms with Crippen LogP contribution < -0.4 is 31.4 Å². The number of aromatic nitrogens is 2. The standard InChI is InChI=1S/C20H30FN7O3S/c1-12(2)28-32(29,30)8-4-6-23-19-17(18(22)25-20(21)26-19)27-24-11-15-10-16-14(5-7-31-16)9-13(15)3/h9-10,12,24,27-28H,4-8,11H2,1-3H3,(H3,22,23,25,26). The number of nitrogens with zero attached hydrogens (tertiary/aromatic N) is 2. The lowest BCUT2D eigenvalue weighted by molar-refractivity contribution is 0.356. The molecule has 0 radical (unpaired) electrons. The second-order valence-corrected chi connectivity index (χ2v) is 9.81. The molecule has 6 N–H and O–H groups in total. The van der Waals surface area contributed by atoms with Crippen LogP contribution in [-0.4, -0.2) is 43.3 Å². The molecule has 32 heavy (non-hydrogen) atoms. The van der Waals surface area contributed by atoms with Crippen LogP contribution in [0.15, 0.2) is 12.1 Å². The van der Waals surface area contributed by atoms with Crippen molar-refractivity contribution in [1.82, 2.24) is 20.1 Å². The highest BCUT2D eigenvalue weighted by Crippen LogP contribution is 2.29. The highest BCUT2D eigenvalue weighted by molar-refractivity contribution is 7.89. The quantitative estimate of drug-likeness (QED) is 0.189. The Morgan fingerprint density at radius 3 is 2.81 bits per heavy atom. The van der Waals surface area contributed by atoms with Crippen LogP contribution in [0.1, 0.15) is 37.0 Å². The first-order valence-electron chi connectivity index (χ1n) is 10.5. The summed E-state index contributed by atoms with van der Waals surface area (Å²) in [5.41, 5.74) is 15.5. The number of benzene rings is 1. The van der Waals surface area contributed by atoms with Gasteiger partial charge in [0.2, 0.25) is 10.0 Å². The zero-order valence-electron chi connectivity index (χ0n) is 18.5. The number of aryl methyl sites for hydroxylation is 1. The fourth-order valence-corrected chi connectivity index (χ4v) is 4.76. The van der Waals surface area contributed by atoms with Gasteiger partial charge in [0.25, 0.3) is 0 Å². The SMILES string of the molecule is Cc1cc2c(cc1CNNc1c(N)nc(F)nc1NCCCS(=O)(=O)NC(C)C)OCC2. The summed E-state index contributed by atoms with van der Waals surface area (Å²) in [5.74, 6) is 0.893. The van der Waals surface area contributed by atoms with Crippen LogP contribution in [0.25, 0.3) is 0 Å². The van der Waals surface area contributed by atoms with Gasteiger partial charge in [-0.1, -0.05) is 6.07 Å². The van der Waals surface area contributed by atoms with Crippen LogP contribution in [0.3, 0.4) is 0 Å². The van der Waals surface area contributed by atoms with Crippen LogP contribution in [0.2, 0.25) is 0 Å². The summed E-state index contributed by atoms with van der Waals surface area (Å²) in [6.45, 7) is 6.94. The van der Waals surface area contributed by atoms with Crippen LogP contribution in [0, 0.1) is 13.0 Å². The largest absolute Gasteiger partial charge is 0.493 e. The molecule has 176 valence electrons. The van der Waals surface area contributed by atoms with Crippen molar-refractivity contribution in [3.05, 3.63) is 34.9 Å². The van der Waals surface area contributed by atoms with E-state index in [0.717, 1.165) is 23.3 Å². The van der Waals surface area contributed by atoms with Crippen molar-refractivity contribution in [2.75, 3.05) is 35.4 Å². The zero-order valence-corrected chi connectivity index (χ0v) is 19.3. The van der Waals surface area contributed by atoms with E-state index < -0.39 is 16.1 Å². The molecule has 0 fully saturated rings. The van der Waals surface area contributed by atoms with Crippen LogP contribution in [0.5, 0.6) is 5.75 Å². The monoisotopic (exact) mass is 467 g/mol. The zero-order chi connectivity index (χ0) is 23.3. The summed E-state index contributed by atoms with van der Waals surface area (Å²) in [6.07, 6.45) is 0.237. The molecule has 2 heterocycles. The maximum Gasteiger partial charge on any atom is 0.312 e. The number of hydrogen-bond donors (Lipinski definition) is 5. The van der Waals surface area contributed by atoms with E-state index in [1.165, 1.54) is 5.56 Å². The van der Waals surface area contributed by atoms with E-state index in [-0.39, 0.29) is 35.7 Å². The molecule has 0 saturated heterocycles. The van der Waals surface area contributed by atoms with E-state index in [9.17, 15) is 12.8 Å². The average Bonchev–Trinajstić information content (AvgIpc) is 3.13. The highest BCUT2D eigenvalue weighted by Gasteiger charge is 2.16. The van der Waals surface area contributed by atoms with E-state index in [1.807, 2.05) is 13.0 Å². The van der Waals surface area contributed by atoms with Gasteiger partial charge in [-0.3, -0.25) is 0 Å². The molecule has 0 spiro atoms. The van der Waals surface area contributed by atoms with E-state index in [2.05, 4.69) is 36.9 Å². The average molecular weight is 468 g/mol. The van der Waals surface area contributed by atoms with E-state index in [4.69, 9.17) is 10.5 Å². The highest BCUT2D eigenvalue weighted by atomic mass is 32.2. The third-order valence-corrected chi connectivity index (χ3v) is 6.50. The second kappa shape index (κ2) is 10.3. The van der Waals surface area contributed by atoms with Crippen molar-refractivity contribution in [2.45, 2.75) is 46.2 Å². The van der Waals surface area contributed by atoms with Gasteiger partial charge in [-0.25, -0.2) is 18.6 Å². The summed E-state index contributed by atoms with van der Waals surface area (Å²) in [4.78, 5) is 7.31. The minimum atomic E-state index is -3.37. The molecule has 2 aromatic rings. The van der Waals surface area contributed by atoms with Crippen LogP contribution in [0.4, 0.5) is 21.7 Å². The molecule has 3 rings (SSSR count). The molecule has 1 aromatic carbocycles. The smallest absolute Gasteiger partial charge is 0.312 e. The van der Waals surface area contributed by atoms with Gasteiger partial charge in [-0.05, 0) is 49.9 Å². The molecule has 0 amide bonds. The molecule has 0 aliphatic carbocycles. The van der Waals surface area contributed by atoms with E-state index in [1.54, 1.807) is 13.8 Å². The Kier molecular flexibility index (Phi) is 7.69. The first kappa shape index (κ1) is 24.0. The molecule has 1 aromatic heterocycles. The number of hydrazine groups is 1. The number of halogens is 1. The number of hydrogen-bond acceptors (Lipinski definition) is 9. The summed E-state index contributed by atoms with van der Waals surface area (Å²) in [5, 5.41) is 2.93. The Morgan fingerprint density at radius 2 is 2.06 bits per heavy atom. The molecule has 0 bridgehead atoms. The number of ether oxygens (including phenoxy) is 1. The van der Waals surface area contributed by atoms with Gasteiger partial charge in [-0.15, -0.1) is 0 Å². The van der Waals surface area contributed by atoms with Gasteiger partial charge >= 0.3 is 6.08 Å². The number of rotatable bonds is 11. The van der Waals surface area contributed by atoms with Gasteiger partial charge in [-0.2, -0.15) is 14.4 Å². The molecule has 0 unspecified atom stereocenters. The fourth-order valence-electron chi connectivity index (χ4n) is 3.40. The molecular weight excluding hydrogens is 437 g/mol. The summed E-state index contributed by atoms with van der Waals surface area (Å²) >= 11 is 0. The molecular formula is C20H30FN7O3S. The maximum atomic E-state index is 13.7. The van der Waals surface area contributed by atoms with E-state index in [0.29, 0.717) is 19.6 Å². The second-order valence-electron chi connectivity index (χ2n) is 7.94. The predicted molar refractivity (Wildman–Crippen MR) is 122 cm³/mol. The molecule has 12 heteroatoms. The van der Waals surface area contributed by atoms with Crippen molar-refractivity contribution in [3.63, 3.8) is 0 Å². The molecule has 0 saturated carbocycles. The minimum Gasteiger partial charge on any atom is -0.493 e. The van der Waals surface area contributed by atoms with Gasteiger partial charge in [0.15, 0.2) is 11.6 Å². The summed E-state index contributed by atoms with van der Waals surface area (Å²) < 4.78 is 45.7. The first-order valence-corrected chi connectivity index (χ1v) is 12.1. The number of sulfonamides is 1. The number of fused-ring (bicyclic) bond motifs is 1. The van der Waals surface area contributed by atoms with Crippen LogP contribution in [-0.2, 0) is 23.0 Å². The number of nitrogen functional groups attached to an aromatic ring is 1. The van der Waals surface area contributed by atoms with Crippen molar-refractivity contribution in [1.29, 1.82) is 0 Å². The van der Waals surface area contributed by atoms with Gasteiger partial charge in [0, 0.05) is 25.6 Å². The van der Waals surface area contributed by atoms with E-state index >= 15 is 0 Å². The van der Waals surface area contributed by atoms with Gasteiger partial charge in [0.05, 0.1) is 12.4 Å². The number of nitrogens with one attached hydrogen (secondary N) is 4. The fraction of sp³-hybridized carbons (Fsp3) is 0.500. The Labute approximate surface area is 187 Å². The summed E-state index contributed by atoms with van der Waals surface area (Å²) in [7, 11) is -3.37. The third-order valence-electron chi connectivity index (χ3n) is 4.85. The van der Waals surface area contributed by atoms with Gasteiger partial charge in [0.1, 0.15) is 11.4 Å². The Bertz CT molecular complexity index is 1060. The van der Waals surface area contributed by atoms with Crippen molar-refractivity contribution >= 4 is 27.3 Å². The Balaban J connectivity index is 1.60.